The van der Waals surface area contributed by atoms with Gasteiger partial charge in [-0.3, -0.25) is 0 Å². The van der Waals surface area contributed by atoms with Gasteiger partial charge in [-0.05, 0) is 37.5 Å². The Kier molecular flexibility index (Phi) is 3.68. The molecular formula is C19H18INO. The van der Waals surface area contributed by atoms with Crippen LogP contribution < -0.4 is 0 Å². The zero-order valence-corrected chi connectivity index (χ0v) is 14.5. The first kappa shape index (κ1) is 14.2. The lowest BCUT2D eigenvalue weighted by Gasteiger charge is -2.44. The van der Waals surface area contributed by atoms with Crippen LogP contribution in [0.3, 0.4) is 0 Å². The van der Waals surface area contributed by atoms with Gasteiger partial charge in [-0.2, -0.15) is 0 Å². The Morgan fingerprint density at radius 1 is 1.00 bits per heavy atom. The average molecular weight is 403 g/mol. The number of hydrogen-bond donors (Lipinski definition) is 0. The van der Waals surface area contributed by atoms with Gasteiger partial charge >= 0.3 is 0 Å². The first-order chi connectivity index (χ1) is 10.8. The van der Waals surface area contributed by atoms with Crippen molar-refractivity contribution < 1.29 is 4.74 Å². The van der Waals surface area contributed by atoms with Gasteiger partial charge in [0, 0.05) is 11.1 Å². The van der Waals surface area contributed by atoms with Crippen LogP contribution in [0, 0.1) is 0 Å². The third kappa shape index (κ3) is 2.26. The normalized spacial score (nSPS) is 27.0. The second-order valence-corrected chi connectivity index (χ2v) is 7.51. The number of benzene rings is 2. The molecule has 2 aliphatic rings. The zero-order valence-electron chi connectivity index (χ0n) is 12.3. The minimum absolute atomic E-state index is 0.220. The van der Waals surface area contributed by atoms with Gasteiger partial charge in [-0.1, -0.05) is 65.4 Å². The van der Waals surface area contributed by atoms with Crippen LogP contribution in [0.2, 0.25) is 0 Å². The molecule has 2 nitrogen and oxygen atoms in total. The Bertz CT molecular complexity index is 712. The van der Waals surface area contributed by atoms with Crippen LogP contribution in [0.4, 0.5) is 5.69 Å². The van der Waals surface area contributed by atoms with E-state index in [4.69, 9.17) is 9.73 Å². The van der Waals surface area contributed by atoms with Crippen LogP contribution in [-0.4, -0.2) is 9.82 Å². The molecule has 0 bridgehead atoms. The Hall–Kier alpha value is -1.36. The van der Waals surface area contributed by atoms with Crippen molar-refractivity contribution in [2.75, 3.05) is 0 Å². The molecule has 0 radical (unpaired) electrons. The monoisotopic (exact) mass is 403 g/mol. The van der Waals surface area contributed by atoms with Crippen LogP contribution in [0.25, 0.3) is 0 Å². The lowest BCUT2D eigenvalue weighted by Crippen LogP contribution is -2.44. The second-order valence-electron chi connectivity index (χ2n) is 6.01. The summed E-state index contributed by atoms with van der Waals surface area (Å²) >= 11 is 2.58. The standard InChI is InChI=1S/C19H18INO/c20-17-12-6-7-13-19(17)15-10-4-5-11-16(15)21-18(22-19)14-8-2-1-3-9-14/h1-5,8-11,17H,6-7,12-13H2/t17-,19-/m0/s1. The quantitative estimate of drug-likeness (QED) is 0.464. The fourth-order valence-electron chi connectivity index (χ4n) is 3.51. The van der Waals surface area contributed by atoms with Crippen molar-refractivity contribution in [3.05, 3.63) is 65.7 Å². The third-order valence-electron chi connectivity index (χ3n) is 4.64. The molecule has 1 aliphatic carbocycles. The number of para-hydroxylation sites is 1. The predicted molar refractivity (Wildman–Crippen MR) is 98.1 cm³/mol. The third-order valence-corrected chi connectivity index (χ3v) is 6.27. The van der Waals surface area contributed by atoms with Crippen molar-refractivity contribution in [1.82, 2.24) is 0 Å². The summed E-state index contributed by atoms with van der Waals surface area (Å²) in [6, 6.07) is 18.7. The summed E-state index contributed by atoms with van der Waals surface area (Å²) in [5.41, 5.74) is 3.16. The summed E-state index contributed by atoms with van der Waals surface area (Å²) in [4.78, 5) is 4.79. The van der Waals surface area contributed by atoms with Crippen LogP contribution in [-0.2, 0) is 10.3 Å². The van der Waals surface area contributed by atoms with Gasteiger partial charge in [0.05, 0.1) is 9.61 Å². The molecule has 1 fully saturated rings. The highest BCUT2D eigenvalue weighted by atomic mass is 127. The number of aliphatic imine (C=N–C) groups is 1. The molecule has 1 aliphatic heterocycles. The van der Waals surface area contributed by atoms with Crippen molar-refractivity contribution in [1.29, 1.82) is 0 Å². The number of nitrogens with zero attached hydrogens (tertiary/aromatic N) is 1. The molecule has 4 rings (SSSR count). The Balaban J connectivity index is 1.87. The van der Waals surface area contributed by atoms with E-state index in [1.54, 1.807) is 0 Å². The van der Waals surface area contributed by atoms with Crippen LogP contribution in [0.5, 0.6) is 0 Å². The predicted octanol–water partition coefficient (Wildman–Crippen LogP) is 5.37. The maximum atomic E-state index is 6.58. The number of halogens is 1. The lowest BCUT2D eigenvalue weighted by molar-refractivity contribution is 0.0235. The summed E-state index contributed by atoms with van der Waals surface area (Å²) in [5.74, 6) is 0.767. The van der Waals surface area contributed by atoms with Crippen molar-refractivity contribution >= 4 is 34.2 Å². The van der Waals surface area contributed by atoms with Crippen molar-refractivity contribution in [2.45, 2.75) is 35.2 Å². The van der Waals surface area contributed by atoms with Crippen LogP contribution in [0.1, 0.15) is 36.8 Å². The van der Waals surface area contributed by atoms with Gasteiger partial charge < -0.3 is 4.74 Å². The van der Waals surface area contributed by atoms with E-state index in [1.807, 2.05) is 18.2 Å². The Labute approximate surface area is 144 Å². The molecule has 0 amide bonds. The minimum atomic E-state index is -0.220. The molecule has 0 saturated heterocycles. The van der Waals surface area contributed by atoms with Gasteiger partial charge in [0.2, 0.25) is 5.90 Å². The smallest absolute Gasteiger partial charge is 0.222 e. The second kappa shape index (κ2) is 5.69. The fraction of sp³-hybridized carbons (Fsp3) is 0.316. The Morgan fingerprint density at radius 3 is 2.59 bits per heavy atom. The summed E-state index contributed by atoms with van der Waals surface area (Å²) < 4.78 is 7.06. The van der Waals surface area contributed by atoms with E-state index in [1.165, 1.54) is 24.8 Å². The fourth-order valence-corrected chi connectivity index (χ4v) is 4.73. The van der Waals surface area contributed by atoms with Crippen LogP contribution >= 0.6 is 22.6 Å². The maximum absolute atomic E-state index is 6.58. The van der Waals surface area contributed by atoms with E-state index >= 15 is 0 Å². The molecule has 2 aromatic carbocycles. The van der Waals surface area contributed by atoms with E-state index in [2.05, 4.69) is 59.0 Å². The molecule has 112 valence electrons. The summed E-state index contributed by atoms with van der Waals surface area (Å²) in [5, 5.41) is 0. The highest BCUT2D eigenvalue weighted by Crippen LogP contribution is 2.50. The molecule has 1 heterocycles. The molecule has 2 atom stereocenters. The molecule has 2 aromatic rings. The minimum Gasteiger partial charge on any atom is -0.464 e. The van der Waals surface area contributed by atoms with E-state index in [-0.39, 0.29) is 5.60 Å². The van der Waals surface area contributed by atoms with E-state index in [0.717, 1.165) is 23.6 Å². The van der Waals surface area contributed by atoms with E-state index in [0.29, 0.717) is 3.92 Å². The highest BCUT2D eigenvalue weighted by Gasteiger charge is 2.47. The SMILES string of the molecule is I[C@H]1CCCC[C@@]12OC(c1ccccc1)=Nc1ccccc12. The summed E-state index contributed by atoms with van der Waals surface area (Å²) in [6.45, 7) is 0. The number of rotatable bonds is 1. The zero-order chi connectivity index (χ0) is 15.0. The first-order valence-corrected chi connectivity index (χ1v) is 9.11. The summed E-state index contributed by atoms with van der Waals surface area (Å²) in [7, 11) is 0. The number of ether oxygens (including phenoxy) is 1. The largest absolute Gasteiger partial charge is 0.464 e. The molecular weight excluding hydrogens is 385 g/mol. The molecule has 0 N–H and O–H groups in total. The first-order valence-electron chi connectivity index (χ1n) is 7.86. The number of alkyl halides is 1. The van der Waals surface area contributed by atoms with Gasteiger partial charge in [0.25, 0.3) is 0 Å². The van der Waals surface area contributed by atoms with Crippen molar-refractivity contribution in [3.63, 3.8) is 0 Å². The van der Waals surface area contributed by atoms with E-state index in [9.17, 15) is 0 Å². The van der Waals surface area contributed by atoms with Gasteiger partial charge in [0.15, 0.2) is 0 Å². The molecule has 3 heteroatoms. The molecule has 1 saturated carbocycles. The van der Waals surface area contributed by atoms with E-state index < -0.39 is 0 Å². The van der Waals surface area contributed by atoms with Gasteiger partial charge in [-0.15, -0.1) is 0 Å². The number of hydrogen-bond acceptors (Lipinski definition) is 2. The summed E-state index contributed by atoms with van der Waals surface area (Å²) in [6.07, 6.45) is 4.79. The molecule has 1 spiro atoms. The molecule has 0 aromatic heterocycles. The topological polar surface area (TPSA) is 21.6 Å². The highest BCUT2D eigenvalue weighted by molar-refractivity contribution is 14.1. The van der Waals surface area contributed by atoms with Gasteiger partial charge in [0.1, 0.15) is 5.60 Å². The molecule has 22 heavy (non-hydrogen) atoms. The number of fused-ring (bicyclic) bond motifs is 2. The average Bonchev–Trinajstić information content (AvgIpc) is 2.58. The molecule has 0 unspecified atom stereocenters. The van der Waals surface area contributed by atoms with Gasteiger partial charge in [-0.25, -0.2) is 4.99 Å². The van der Waals surface area contributed by atoms with Crippen molar-refractivity contribution in [2.24, 2.45) is 4.99 Å². The van der Waals surface area contributed by atoms with Crippen LogP contribution in [0.15, 0.2) is 59.6 Å². The Morgan fingerprint density at radius 2 is 1.77 bits per heavy atom. The lowest BCUT2D eigenvalue weighted by atomic mass is 9.78. The maximum Gasteiger partial charge on any atom is 0.222 e. The van der Waals surface area contributed by atoms with Crippen molar-refractivity contribution in [3.8, 4) is 0 Å².